The first-order valence-electron chi connectivity index (χ1n) is 10.6. The van der Waals surface area contributed by atoms with Gasteiger partial charge in [-0.05, 0) is 48.2 Å². The van der Waals surface area contributed by atoms with Gasteiger partial charge in [-0.15, -0.1) is 0 Å². The minimum atomic E-state index is -0.0831. The molecule has 0 unspecified atom stereocenters. The number of amides is 1. The number of carbonyl (C=O) groups is 1. The summed E-state index contributed by atoms with van der Waals surface area (Å²) >= 11 is 0. The Morgan fingerprint density at radius 3 is 2.77 bits per heavy atom. The number of nitrogens with zero attached hydrogens (tertiary/aromatic N) is 4. The molecule has 1 amide bonds. The lowest BCUT2D eigenvalue weighted by Gasteiger charge is -2.26. The number of aromatic nitrogens is 2. The van der Waals surface area contributed by atoms with E-state index in [1.165, 1.54) is 16.8 Å². The van der Waals surface area contributed by atoms with Crippen LogP contribution in [0.25, 0.3) is 0 Å². The van der Waals surface area contributed by atoms with E-state index in [4.69, 9.17) is 4.98 Å². The molecule has 0 bridgehead atoms. The maximum Gasteiger partial charge on any atom is 0.227 e. The lowest BCUT2D eigenvalue weighted by atomic mass is 9.85. The van der Waals surface area contributed by atoms with Gasteiger partial charge < -0.3 is 9.80 Å². The van der Waals surface area contributed by atoms with Crippen LogP contribution >= 0.6 is 0 Å². The predicted molar refractivity (Wildman–Crippen MR) is 117 cm³/mol. The lowest BCUT2D eigenvalue weighted by Crippen LogP contribution is -2.39. The van der Waals surface area contributed by atoms with Gasteiger partial charge in [0.25, 0.3) is 0 Å². The monoisotopic (exact) mass is 398 g/mol. The topological polar surface area (TPSA) is 49.3 Å². The Labute approximate surface area is 177 Å². The first kappa shape index (κ1) is 18.8. The SMILES string of the molecule is Cc1ccccc1CC(=O)N1CC[C@]2(C1)CN(Cc1cccnc1)c1cccnc12. The highest BCUT2D eigenvalue weighted by molar-refractivity contribution is 5.80. The van der Waals surface area contributed by atoms with Gasteiger partial charge in [0.2, 0.25) is 5.91 Å². The first-order chi connectivity index (χ1) is 14.6. The van der Waals surface area contributed by atoms with Crippen molar-refractivity contribution in [2.24, 2.45) is 0 Å². The summed E-state index contributed by atoms with van der Waals surface area (Å²) in [4.78, 5) is 26.6. The molecule has 0 N–H and O–H groups in total. The summed E-state index contributed by atoms with van der Waals surface area (Å²) in [5.41, 5.74) is 5.73. The fourth-order valence-corrected chi connectivity index (χ4v) is 4.93. The second kappa shape index (κ2) is 7.56. The van der Waals surface area contributed by atoms with Gasteiger partial charge in [0, 0.05) is 44.8 Å². The summed E-state index contributed by atoms with van der Waals surface area (Å²) in [5, 5.41) is 0. The molecule has 0 radical (unpaired) electrons. The Morgan fingerprint density at radius 2 is 1.93 bits per heavy atom. The summed E-state index contributed by atoms with van der Waals surface area (Å²) in [6.07, 6.45) is 7.04. The van der Waals surface area contributed by atoms with E-state index < -0.39 is 0 Å². The van der Waals surface area contributed by atoms with Crippen LogP contribution in [0, 0.1) is 6.92 Å². The van der Waals surface area contributed by atoms with E-state index in [0.717, 1.165) is 43.9 Å². The number of aryl methyl sites for hydroxylation is 1. The second-order valence-electron chi connectivity index (χ2n) is 8.54. The normalized spacial score (nSPS) is 20.0. The van der Waals surface area contributed by atoms with Crippen molar-refractivity contribution in [2.45, 2.75) is 31.7 Å². The van der Waals surface area contributed by atoms with Crippen molar-refractivity contribution in [3.8, 4) is 0 Å². The number of anilines is 1. The third kappa shape index (κ3) is 3.34. The Kier molecular flexibility index (Phi) is 4.74. The van der Waals surface area contributed by atoms with Crippen LogP contribution in [-0.2, 0) is 23.2 Å². The summed E-state index contributed by atoms with van der Waals surface area (Å²) in [5.74, 6) is 0.212. The molecule has 2 aromatic heterocycles. The lowest BCUT2D eigenvalue weighted by molar-refractivity contribution is -0.129. The standard InChI is InChI=1S/C25H26N4O/c1-19-6-2-3-8-21(19)14-23(30)28-13-10-25(17-28)18-29(16-20-7-4-11-26-15-20)22-9-5-12-27-24(22)25/h2-9,11-12,15H,10,13-14,16-18H2,1H3/t25-/m0/s1. The Hall–Kier alpha value is -3.21. The molecule has 30 heavy (non-hydrogen) atoms. The van der Waals surface area contributed by atoms with Gasteiger partial charge in [-0.1, -0.05) is 30.3 Å². The summed E-state index contributed by atoms with van der Waals surface area (Å²) in [6.45, 7) is 5.31. The highest BCUT2D eigenvalue weighted by atomic mass is 16.2. The maximum atomic E-state index is 13.1. The summed E-state index contributed by atoms with van der Waals surface area (Å²) < 4.78 is 0. The fourth-order valence-electron chi connectivity index (χ4n) is 4.93. The van der Waals surface area contributed by atoms with Crippen LogP contribution in [0.2, 0.25) is 0 Å². The minimum absolute atomic E-state index is 0.0831. The number of rotatable bonds is 4. The van der Waals surface area contributed by atoms with Crippen LogP contribution in [0.3, 0.4) is 0 Å². The van der Waals surface area contributed by atoms with E-state index in [2.05, 4.69) is 41.1 Å². The quantitative estimate of drug-likeness (QED) is 0.675. The van der Waals surface area contributed by atoms with Crippen LogP contribution in [-0.4, -0.2) is 40.4 Å². The molecule has 0 aliphatic carbocycles. The molecule has 5 heteroatoms. The molecule has 5 rings (SSSR count). The van der Waals surface area contributed by atoms with Crippen LogP contribution in [0.15, 0.2) is 67.1 Å². The molecule has 2 aliphatic heterocycles. The largest absolute Gasteiger partial charge is 0.365 e. The van der Waals surface area contributed by atoms with Gasteiger partial charge >= 0.3 is 0 Å². The van der Waals surface area contributed by atoms with Crippen molar-refractivity contribution in [3.05, 3.63) is 89.5 Å². The summed E-state index contributed by atoms with van der Waals surface area (Å²) in [6, 6.07) is 16.4. The first-order valence-corrected chi connectivity index (χ1v) is 10.6. The zero-order chi connectivity index (χ0) is 20.6. The Balaban J connectivity index is 1.36. The van der Waals surface area contributed by atoms with Crippen molar-refractivity contribution in [1.29, 1.82) is 0 Å². The molecule has 0 saturated carbocycles. The maximum absolute atomic E-state index is 13.1. The highest BCUT2D eigenvalue weighted by Gasteiger charge is 2.49. The molecule has 4 heterocycles. The average Bonchev–Trinajstić information content (AvgIpc) is 3.33. The van der Waals surface area contributed by atoms with Gasteiger partial charge in [0.05, 0.1) is 23.2 Å². The molecule has 152 valence electrons. The zero-order valence-electron chi connectivity index (χ0n) is 17.3. The number of carbonyl (C=O) groups excluding carboxylic acids is 1. The molecule has 1 atom stereocenters. The zero-order valence-corrected chi connectivity index (χ0v) is 17.3. The number of pyridine rings is 2. The highest BCUT2D eigenvalue weighted by Crippen LogP contribution is 2.45. The molecule has 1 spiro atoms. The van der Waals surface area contributed by atoms with E-state index in [9.17, 15) is 4.79 Å². The number of likely N-dealkylation sites (tertiary alicyclic amines) is 1. The predicted octanol–water partition coefficient (Wildman–Crippen LogP) is 3.52. The smallest absolute Gasteiger partial charge is 0.227 e. The van der Waals surface area contributed by atoms with Gasteiger partial charge in [-0.3, -0.25) is 14.8 Å². The van der Waals surface area contributed by atoms with Crippen molar-refractivity contribution in [2.75, 3.05) is 24.5 Å². The van der Waals surface area contributed by atoms with Crippen LogP contribution in [0.4, 0.5) is 5.69 Å². The van der Waals surface area contributed by atoms with E-state index >= 15 is 0 Å². The van der Waals surface area contributed by atoms with E-state index in [1.54, 1.807) is 6.20 Å². The third-order valence-corrected chi connectivity index (χ3v) is 6.53. The number of benzene rings is 1. The van der Waals surface area contributed by atoms with Gasteiger partial charge in [0.1, 0.15) is 0 Å². The van der Waals surface area contributed by atoms with Gasteiger partial charge in [-0.25, -0.2) is 0 Å². The van der Waals surface area contributed by atoms with E-state index in [1.807, 2.05) is 41.6 Å². The minimum Gasteiger partial charge on any atom is -0.365 e. The van der Waals surface area contributed by atoms with Crippen LogP contribution in [0.1, 0.15) is 28.8 Å². The Bertz CT molecular complexity index is 1070. The van der Waals surface area contributed by atoms with E-state index in [0.29, 0.717) is 6.42 Å². The van der Waals surface area contributed by atoms with E-state index in [-0.39, 0.29) is 11.3 Å². The van der Waals surface area contributed by atoms with Crippen molar-refractivity contribution in [3.63, 3.8) is 0 Å². The van der Waals surface area contributed by atoms with Gasteiger partial charge in [0.15, 0.2) is 0 Å². The van der Waals surface area contributed by atoms with Crippen molar-refractivity contribution < 1.29 is 4.79 Å². The van der Waals surface area contributed by atoms with Crippen LogP contribution < -0.4 is 4.90 Å². The molecule has 3 aromatic rings. The average molecular weight is 399 g/mol. The van der Waals surface area contributed by atoms with Crippen molar-refractivity contribution >= 4 is 11.6 Å². The molecule has 2 aliphatic rings. The fraction of sp³-hybridized carbons (Fsp3) is 0.320. The third-order valence-electron chi connectivity index (χ3n) is 6.53. The number of hydrogen-bond acceptors (Lipinski definition) is 4. The molecule has 1 saturated heterocycles. The number of hydrogen-bond donors (Lipinski definition) is 0. The molecular formula is C25H26N4O. The second-order valence-corrected chi connectivity index (χ2v) is 8.54. The molecular weight excluding hydrogens is 372 g/mol. The van der Waals surface area contributed by atoms with Crippen molar-refractivity contribution in [1.82, 2.24) is 14.9 Å². The molecule has 1 aromatic carbocycles. The summed E-state index contributed by atoms with van der Waals surface area (Å²) in [7, 11) is 0. The Morgan fingerprint density at radius 1 is 1.07 bits per heavy atom. The molecule has 5 nitrogen and oxygen atoms in total. The molecule has 1 fully saturated rings. The van der Waals surface area contributed by atoms with Gasteiger partial charge in [-0.2, -0.15) is 0 Å². The number of fused-ring (bicyclic) bond motifs is 2. The van der Waals surface area contributed by atoms with Crippen LogP contribution in [0.5, 0.6) is 0 Å².